The van der Waals surface area contributed by atoms with Crippen LogP contribution in [0.2, 0.25) is 5.02 Å². The molecule has 2 atom stereocenters. The van der Waals surface area contributed by atoms with Crippen LogP contribution in [0, 0.1) is 17.2 Å². The van der Waals surface area contributed by atoms with Crippen molar-refractivity contribution in [3.63, 3.8) is 0 Å². The third-order valence-electron chi connectivity index (χ3n) is 3.51. The number of nitrogens with zero attached hydrogens (tertiary/aromatic N) is 1. The number of nitriles is 1. The van der Waals surface area contributed by atoms with Gasteiger partial charge in [-0.1, -0.05) is 23.7 Å². The van der Waals surface area contributed by atoms with E-state index in [9.17, 15) is 14.9 Å². The molecule has 0 radical (unpaired) electrons. The van der Waals surface area contributed by atoms with Crippen molar-refractivity contribution in [1.29, 1.82) is 5.26 Å². The zero-order valence-electron chi connectivity index (χ0n) is 12.2. The van der Waals surface area contributed by atoms with E-state index in [1.54, 1.807) is 38.1 Å². The van der Waals surface area contributed by atoms with Gasteiger partial charge in [-0.15, -0.1) is 0 Å². The van der Waals surface area contributed by atoms with E-state index in [1.165, 1.54) is 0 Å². The van der Waals surface area contributed by atoms with Crippen LogP contribution in [-0.4, -0.2) is 18.5 Å². The number of rotatable bonds is 3. The van der Waals surface area contributed by atoms with Gasteiger partial charge in [-0.05, 0) is 31.5 Å². The molecule has 1 aliphatic rings. The Balaban J connectivity index is 2.57. The van der Waals surface area contributed by atoms with Gasteiger partial charge in [0.2, 0.25) is 5.91 Å². The van der Waals surface area contributed by atoms with Crippen LogP contribution in [0.5, 0.6) is 0 Å². The van der Waals surface area contributed by atoms with Gasteiger partial charge < -0.3 is 10.1 Å². The van der Waals surface area contributed by atoms with Gasteiger partial charge in [0, 0.05) is 16.6 Å². The van der Waals surface area contributed by atoms with Gasteiger partial charge in [-0.3, -0.25) is 4.79 Å². The Kier molecular flexibility index (Phi) is 4.84. The average Bonchev–Trinajstić information content (AvgIpc) is 2.47. The van der Waals surface area contributed by atoms with Crippen LogP contribution < -0.4 is 5.32 Å². The number of benzene rings is 1. The van der Waals surface area contributed by atoms with Gasteiger partial charge in [-0.25, -0.2) is 4.79 Å². The molecule has 114 valence electrons. The van der Waals surface area contributed by atoms with Gasteiger partial charge >= 0.3 is 5.97 Å². The summed E-state index contributed by atoms with van der Waals surface area (Å²) >= 11 is 5.88. The predicted molar refractivity (Wildman–Crippen MR) is 80.8 cm³/mol. The molecule has 22 heavy (non-hydrogen) atoms. The summed E-state index contributed by atoms with van der Waals surface area (Å²) in [5.41, 5.74) is 1.39. The Morgan fingerprint density at radius 3 is 2.59 bits per heavy atom. The molecule has 2 rings (SSSR count). The fourth-order valence-corrected chi connectivity index (χ4v) is 2.66. The average molecular weight is 319 g/mol. The summed E-state index contributed by atoms with van der Waals surface area (Å²) in [6.07, 6.45) is 0. The summed E-state index contributed by atoms with van der Waals surface area (Å²) in [5, 5.41) is 12.5. The van der Waals surface area contributed by atoms with Crippen molar-refractivity contribution in [1.82, 2.24) is 5.32 Å². The molecule has 5 nitrogen and oxygen atoms in total. The lowest BCUT2D eigenvalue weighted by Gasteiger charge is -2.30. The van der Waals surface area contributed by atoms with Crippen molar-refractivity contribution in [3.8, 4) is 6.07 Å². The molecule has 0 bridgehead atoms. The van der Waals surface area contributed by atoms with Crippen LogP contribution in [0.4, 0.5) is 0 Å². The molecular weight excluding hydrogens is 304 g/mol. The summed E-state index contributed by atoms with van der Waals surface area (Å²) in [7, 11) is 0. The van der Waals surface area contributed by atoms with Crippen LogP contribution in [-0.2, 0) is 14.3 Å². The Bertz CT molecular complexity index is 674. The number of hydrogen-bond donors (Lipinski definition) is 1. The summed E-state index contributed by atoms with van der Waals surface area (Å²) in [6, 6.07) is 8.72. The smallest absolute Gasteiger partial charge is 0.336 e. The molecular formula is C16H15ClN2O3. The maximum absolute atomic E-state index is 12.3. The number of allylic oxidation sites excluding steroid dienone is 1. The summed E-state index contributed by atoms with van der Waals surface area (Å²) < 4.78 is 5.07. The summed E-state index contributed by atoms with van der Waals surface area (Å²) in [6.45, 7) is 3.54. The first-order valence-corrected chi connectivity index (χ1v) is 7.21. The minimum absolute atomic E-state index is 0.216. The second-order valence-electron chi connectivity index (χ2n) is 4.88. The molecule has 0 saturated heterocycles. The fourth-order valence-electron chi connectivity index (χ4n) is 2.53. The highest BCUT2D eigenvalue weighted by Crippen LogP contribution is 2.37. The van der Waals surface area contributed by atoms with E-state index >= 15 is 0 Å². The Morgan fingerprint density at radius 2 is 2.05 bits per heavy atom. The number of halogens is 1. The fraction of sp³-hybridized carbons (Fsp3) is 0.312. The monoisotopic (exact) mass is 318 g/mol. The first kappa shape index (κ1) is 16.1. The van der Waals surface area contributed by atoms with Gasteiger partial charge in [0.05, 0.1) is 18.2 Å². The zero-order valence-corrected chi connectivity index (χ0v) is 13.0. The topological polar surface area (TPSA) is 79.2 Å². The van der Waals surface area contributed by atoms with Gasteiger partial charge in [-0.2, -0.15) is 5.26 Å². The van der Waals surface area contributed by atoms with Crippen LogP contribution in [0.25, 0.3) is 0 Å². The molecule has 6 heteroatoms. The third-order valence-corrected chi connectivity index (χ3v) is 3.76. The predicted octanol–water partition coefficient (Wildman–Crippen LogP) is 2.53. The van der Waals surface area contributed by atoms with Gasteiger partial charge in [0.1, 0.15) is 5.92 Å². The van der Waals surface area contributed by atoms with Crippen LogP contribution in [0.1, 0.15) is 25.3 Å². The van der Waals surface area contributed by atoms with Crippen molar-refractivity contribution in [2.75, 3.05) is 6.61 Å². The number of nitrogens with one attached hydrogen (secondary N) is 1. The molecule has 1 aliphatic heterocycles. The Morgan fingerprint density at radius 1 is 1.41 bits per heavy atom. The second-order valence-corrected chi connectivity index (χ2v) is 5.32. The Hall–Kier alpha value is -2.32. The van der Waals surface area contributed by atoms with Crippen LogP contribution in [0.15, 0.2) is 35.5 Å². The van der Waals surface area contributed by atoms with E-state index in [0.29, 0.717) is 21.9 Å². The SMILES string of the molecule is CCOC(=O)C1=C(C)NC(=O)[C@H](C#N)[C@@H]1c1ccc(Cl)cc1. The zero-order chi connectivity index (χ0) is 16.3. The van der Waals surface area contributed by atoms with Crippen molar-refractivity contribution < 1.29 is 14.3 Å². The van der Waals surface area contributed by atoms with E-state index in [2.05, 4.69) is 5.32 Å². The van der Waals surface area contributed by atoms with Gasteiger partial charge in [0.25, 0.3) is 0 Å². The largest absolute Gasteiger partial charge is 0.463 e. The molecule has 1 aromatic rings. The normalized spacial score (nSPS) is 21.1. The van der Waals surface area contributed by atoms with E-state index in [0.717, 1.165) is 0 Å². The molecule has 0 aromatic heterocycles. The molecule has 0 saturated carbocycles. The van der Waals surface area contributed by atoms with Crippen LogP contribution in [0.3, 0.4) is 0 Å². The molecule has 1 heterocycles. The highest BCUT2D eigenvalue weighted by atomic mass is 35.5. The van der Waals surface area contributed by atoms with Crippen molar-refractivity contribution in [2.24, 2.45) is 5.92 Å². The maximum Gasteiger partial charge on any atom is 0.336 e. The number of amides is 1. The quantitative estimate of drug-likeness (QED) is 0.869. The highest BCUT2D eigenvalue weighted by molar-refractivity contribution is 6.30. The Labute approximate surface area is 133 Å². The highest BCUT2D eigenvalue weighted by Gasteiger charge is 2.41. The molecule has 0 spiro atoms. The molecule has 1 amide bonds. The van der Waals surface area contributed by atoms with Crippen molar-refractivity contribution in [3.05, 3.63) is 46.1 Å². The van der Waals surface area contributed by atoms with E-state index in [-0.39, 0.29) is 6.61 Å². The third kappa shape index (κ3) is 2.97. The van der Waals surface area contributed by atoms with Crippen LogP contribution >= 0.6 is 11.6 Å². The number of carbonyl (C=O) groups is 2. The van der Waals surface area contributed by atoms with Crippen molar-refractivity contribution in [2.45, 2.75) is 19.8 Å². The number of ether oxygens (including phenoxy) is 1. The first-order chi connectivity index (χ1) is 10.5. The second kappa shape index (κ2) is 6.63. The van der Waals surface area contributed by atoms with Gasteiger partial charge in [0.15, 0.2) is 0 Å². The lowest BCUT2D eigenvalue weighted by Crippen LogP contribution is -2.41. The molecule has 1 N–H and O–H groups in total. The number of hydrogen-bond acceptors (Lipinski definition) is 4. The summed E-state index contributed by atoms with van der Waals surface area (Å²) in [5.74, 6) is -2.62. The molecule has 0 aliphatic carbocycles. The number of carbonyl (C=O) groups excluding carboxylic acids is 2. The standard InChI is InChI=1S/C16H15ClN2O3/c1-3-22-16(21)13-9(2)19-15(20)12(8-18)14(13)10-4-6-11(17)7-5-10/h4-7,12,14H,3H2,1-2H3,(H,19,20)/t12-,14+/m1/s1. The molecule has 0 unspecified atom stereocenters. The minimum atomic E-state index is -0.996. The van der Waals surface area contributed by atoms with E-state index in [4.69, 9.17) is 16.3 Å². The first-order valence-electron chi connectivity index (χ1n) is 6.83. The maximum atomic E-state index is 12.3. The van der Waals surface area contributed by atoms with E-state index < -0.39 is 23.7 Å². The van der Waals surface area contributed by atoms with Crippen molar-refractivity contribution >= 4 is 23.5 Å². The summed E-state index contributed by atoms with van der Waals surface area (Å²) in [4.78, 5) is 24.3. The lowest BCUT2D eigenvalue weighted by atomic mass is 9.77. The van der Waals surface area contributed by atoms with E-state index in [1.807, 2.05) is 6.07 Å². The number of esters is 1. The molecule has 0 fully saturated rings. The minimum Gasteiger partial charge on any atom is -0.463 e. The lowest BCUT2D eigenvalue weighted by molar-refractivity contribution is -0.139. The molecule has 1 aromatic carbocycles.